The summed E-state index contributed by atoms with van der Waals surface area (Å²) in [6.45, 7) is 3.77. The van der Waals surface area contributed by atoms with Gasteiger partial charge in [-0.3, -0.25) is 0 Å². The largest absolute Gasteiger partial charge is 0.507 e. The molecule has 0 fully saturated rings. The second-order valence-electron chi connectivity index (χ2n) is 6.16. The summed E-state index contributed by atoms with van der Waals surface area (Å²) in [4.78, 5) is 11.7. The average Bonchev–Trinajstić information content (AvgIpc) is 2.58. The molecule has 0 heterocycles. The van der Waals surface area contributed by atoms with Gasteiger partial charge >= 0.3 is 5.97 Å². The van der Waals surface area contributed by atoms with Gasteiger partial charge in [0, 0.05) is 17.2 Å². The number of aromatic hydroxyl groups is 1. The van der Waals surface area contributed by atoms with Gasteiger partial charge in [0.1, 0.15) is 28.7 Å². The van der Waals surface area contributed by atoms with Gasteiger partial charge in [-0.25, -0.2) is 13.6 Å². The quantitative estimate of drug-likeness (QED) is 0.548. The molecule has 2 N–H and O–H groups in total. The van der Waals surface area contributed by atoms with E-state index in [4.69, 9.17) is 4.74 Å². The summed E-state index contributed by atoms with van der Waals surface area (Å²) in [7, 11) is 1.41. The molecule has 4 nitrogen and oxygen atoms in total. The Labute approximate surface area is 156 Å². The summed E-state index contributed by atoms with van der Waals surface area (Å²) in [6, 6.07) is 4.54. The first-order valence-electron chi connectivity index (χ1n) is 8.17. The number of phenols is 1. The van der Waals surface area contributed by atoms with E-state index in [1.165, 1.54) is 31.4 Å². The fraction of sp³-hybridized carbons (Fsp3) is 0.190. The van der Waals surface area contributed by atoms with E-state index >= 15 is 0 Å². The van der Waals surface area contributed by atoms with Crippen molar-refractivity contribution in [3.05, 3.63) is 69.8 Å². The molecule has 0 aliphatic heterocycles. The summed E-state index contributed by atoms with van der Waals surface area (Å²) in [6.07, 6.45) is 4.79. The van der Waals surface area contributed by atoms with Crippen LogP contribution in [-0.4, -0.2) is 23.3 Å². The number of allylic oxidation sites excluding steroid dienone is 2. The Bertz CT molecular complexity index is 926. The summed E-state index contributed by atoms with van der Waals surface area (Å²) < 4.78 is 32.1. The molecule has 2 aromatic carbocycles. The lowest BCUT2D eigenvalue weighted by molar-refractivity contribution is 0.0693. The molecule has 0 amide bonds. The number of carboxylic acids is 1. The van der Waals surface area contributed by atoms with Crippen LogP contribution in [0.15, 0.2) is 35.9 Å². The SMILES string of the molecule is COc1cc(/C=C/c2ccc(F)cc2F)c(C(=O)O)c(O)c1CC=C(C)C. The fourth-order valence-electron chi connectivity index (χ4n) is 2.56. The van der Waals surface area contributed by atoms with Crippen molar-refractivity contribution in [3.8, 4) is 11.5 Å². The Balaban J connectivity index is 2.58. The monoisotopic (exact) mass is 374 g/mol. The van der Waals surface area contributed by atoms with Crippen molar-refractivity contribution in [3.63, 3.8) is 0 Å². The van der Waals surface area contributed by atoms with Crippen LogP contribution in [0.4, 0.5) is 8.78 Å². The molecule has 2 rings (SSSR count). The van der Waals surface area contributed by atoms with Crippen molar-refractivity contribution < 1.29 is 28.5 Å². The lowest BCUT2D eigenvalue weighted by Gasteiger charge is -2.14. The zero-order valence-corrected chi connectivity index (χ0v) is 15.2. The van der Waals surface area contributed by atoms with Crippen LogP contribution in [0.25, 0.3) is 12.2 Å². The summed E-state index contributed by atoms with van der Waals surface area (Å²) in [5, 5.41) is 20.0. The van der Waals surface area contributed by atoms with Crippen molar-refractivity contribution in [1.29, 1.82) is 0 Å². The van der Waals surface area contributed by atoms with Gasteiger partial charge in [0.25, 0.3) is 0 Å². The second kappa shape index (κ2) is 8.49. The van der Waals surface area contributed by atoms with Gasteiger partial charge < -0.3 is 14.9 Å². The number of benzene rings is 2. The van der Waals surface area contributed by atoms with Crippen molar-refractivity contribution in [2.24, 2.45) is 0 Å². The van der Waals surface area contributed by atoms with Crippen LogP contribution in [0.3, 0.4) is 0 Å². The van der Waals surface area contributed by atoms with Gasteiger partial charge in [-0.2, -0.15) is 0 Å². The highest BCUT2D eigenvalue weighted by molar-refractivity contribution is 5.97. The maximum absolute atomic E-state index is 13.8. The Morgan fingerprint density at radius 2 is 1.81 bits per heavy atom. The third-order valence-corrected chi connectivity index (χ3v) is 3.95. The first-order chi connectivity index (χ1) is 12.7. The number of methoxy groups -OCH3 is 1. The number of carboxylic acid groups (broad SMARTS) is 1. The van der Waals surface area contributed by atoms with Gasteiger partial charge in [-0.15, -0.1) is 0 Å². The number of ether oxygens (including phenoxy) is 1. The molecular weight excluding hydrogens is 354 g/mol. The molecule has 142 valence electrons. The number of hydrogen-bond donors (Lipinski definition) is 2. The Morgan fingerprint density at radius 1 is 1.15 bits per heavy atom. The second-order valence-corrected chi connectivity index (χ2v) is 6.16. The molecular formula is C21H20F2O4. The predicted molar refractivity (Wildman–Crippen MR) is 100 cm³/mol. The maximum atomic E-state index is 13.8. The third kappa shape index (κ3) is 4.73. The fourth-order valence-corrected chi connectivity index (χ4v) is 2.56. The van der Waals surface area contributed by atoms with E-state index in [1.54, 1.807) is 0 Å². The Kier molecular flexibility index (Phi) is 6.34. The Hall–Kier alpha value is -3.15. The average molecular weight is 374 g/mol. The number of aromatic carboxylic acids is 1. The van der Waals surface area contributed by atoms with E-state index in [0.29, 0.717) is 17.7 Å². The minimum atomic E-state index is -1.33. The lowest BCUT2D eigenvalue weighted by atomic mass is 9.97. The summed E-state index contributed by atoms with van der Waals surface area (Å²) in [5.74, 6) is -2.90. The van der Waals surface area contributed by atoms with Crippen LogP contribution < -0.4 is 4.74 Å². The molecule has 0 saturated heterocycles. The van der Waals surface area contributed by atoms with Gasteiger partial charge in [0.05, 0.1) is 7.11 Å². The molecule has 27 heavy (non-hydrogen) atoms. The molecule has 0 aromatic heterocycles. The van der Waals surface area contributed by atoms with E-state index < -0.39 is 23.4 Å². The molecule has 0 aliphatic carbocycles. The van der Waals surface area contributed by atoms with Crippen molar-refractivity contribution >= 4 is 18.1 Å². The van der Waals surface area contributed by atoms with Crippen molar-refractivity contribution in [1.82, 2.24) is 0 Å². The first kappa shape index (κ1) is 20.2. The van der Waals surface area contributed by atoms with Gasteiger partial charge in [-0.05, 0) is 44.0 Å². The van der Waals surface area contributed by atoms with Gasteiger partial charge in [-0.1, -0.05) is 23.8 Å². The van der Waals surface area contributed by atoms with Crippen molar-refractivity contribution in [2.75, 3.05) is 7.11 Å². The molecule has 0 atom stereocenters. The molecule has 0 radical (unpaired) electrons. The van der Waals surface area contributed by atoms with Gasteiger partial charge in [0.2, 0.25) is 0 Å². The highest BCUT2D eigenvalue weighted by atomic mass is 19.1. The molecule has 2 aromatic rings. The minimum absolute atomic E-state index is 0.0832. The van der Waals surface area contributed by atoms with E-state index in [1.807, 2.05) is 19.9 Å². The van der Waals surface area contributed by atoms with Crippen molar-refractivity contribution in [2.45, 2.75) is 20.3 Å². The zero-order chi connectivity index (χ0) is 20.1. The molecule has 0 spiro atoms. The standard InChI is InChI=1S/C21H20F2O4/c1-12(2)4-9-16-18(27-3)10-14(19(20(16)24)21(25)26)6-5-13-7-8-15(22)11-17(13)23/h4-8,10-11,24H,9H2,1-3H3,(H,25,26)/b6-5+. The van der Waals surface area contributed by atoms with Crippen LogP contribution in [0.2, 0.25) is 0 Å². The molecule has 0 bridgehead atoms. The predicted octanol–water partition coefficient (Wildman–Crippen LogP) is 5.06. The topological polar surface area (TPSA) is 66.8 Å². The van der Waals surface area contributed by atoms with Gasteiger partial charge in [0.15, 0.2) is 0 Å². The van der Waals surface area contributed by atoms with E-state index in [0.717, 1.165) is 17.7 Å². The molecule has 0 aliphatic rings. The van der Waals surface area contributed by atoms with E-state index in [9.17, 15) is 23.8 Å². The molecule has 0 unspecified atom stereocenters. The number of hydrogen-bond acceptors (Lipinski definition) is 3. The zero-order valence-electron chi connectivity index (χ0n) is 15.2. The number of rotatable bonds is 6. The summed E-state index contributed by atoms with van der Waals surface area (Å²) in [5.41, 5.74) is 1.26. The van der Waals surface area contributed by atoms with Crippen LogP contribution in [0.1, 0.15) is 40.9 Å². The third-order valence-electron chi connectivity index (χ3n) is 3.95. The highest BCUT2D eigenvalue weighted by Gasteiger charge is 2.21. The van der Waals surface area contributed by atoms with E-state index in [2.05, 4.69) is 0 Å². The summed E-state index contributed by atoms with van der Waals surface area (Å²) >= 11 is 0. The smallest absolute Gasteiger partial charge is 0.340 e. The molecule has 0 saturated carbocycles. The lowest BCUT2D eigenvalue weighted by Crippen LogP contribution is -2.04. The van der Waals surface area contributed by atoms with Crippen LogP contribution in [0.5, 0.6) is 11.5 Å². The Morgan fingerprint density at radius 3 is 2.37 bits per heavy atom. The maximum Gasteiger partial charge on any atom is 0.340 e. The van der Waals surface area contributed by atoms with E-state index in [-0.39, 0.29) is 16.7 Å². The minimum Gasteiger partial charge on any atom is -0.507 e. The number of carbonyl (C=O) groups is 1. The van der Waals surface area contributed by atoms with Crippen LogP contribution in [0, 0.1) is 11.6 Å². The highest BCUT2D eigenvalue weighted by Crippen LogP contribution is 2.36. The first-order valence-corrected chi connectivity index (χ1v) is 8.17. The normalized spacial score (nSPS) is 10.9. The molecule has 6 heteroatoms. The number of halogens is 2. The van der Waals surface area contributed by atoms with Crippen LogP contribution >= 0.6 is 0 Å². The van der Waals surface area contributed by atoms with Crippen LogP contribution in [-0.2, 0) is 6.42 Å².